The lowest BCUT2D eigenvalue weighted by Gasteiger charge is -2.44. The first kappa shape index (κ1) is 15.0. The molecule has 1 fully saturated rings. The first-order valence-corrected chi connectivity index (χ1v) is 7.02. The summed E-state index contributed by atoms with van der Waals surface area (Å²) in [4.78, 5) is 2.68. The van der Waals surface area contributed by atoms with Gasteiger partial charge < -0.3 is 5.32 Å². The molecule has 0 spiro atoms. The Morgan fingerprint density at radius 2 is 1.71 bits per heavy atom. The van der Waals surface area contributed by atoms with Crippen LogP contribution in [-0.4, -0.2) is 35.6 Å². The third-order valence-corrected chi connectivity index (χ3v) is 3.61. The summed E-state index contributed by atoms with van der Waals surface area (Å²) < 4.78 is 0. The highest BCUT2D eigenvalue weighted by atomic mass is 15.2. The fourth-order valence-electron chi connectivity index (χ4n) is 3.24. The summed E-state index contributed by atoms with van der Waals surface area (Å²) in [7, 11) is 0. The second kappa shape index (κ2) is 4.89. The van der Waals surface area contributed by atoms with E-state index in [9.17, 15) is 0 Å². The normalized spacial score (nSPS) is 23.5. The first-order valence-electron chi connectivity index (χ1n) is 7.02. The fraction of sp³-hybridized carbons (Fsp3) is 1.00. The molecular weight excluding hydrogens is 208 g/mol. The van der Waals surface area contributed by atoms with Crippen molar-refractivity contribution >= 4 is 0 Å². The van der Waals surface area contributed by atoms with E-state index in [1.165, 1.54) is 19.4 Å². The van der Waals surface area contributed by atoms with Crippen molar-refractivity contribution in [2.75, 3.05) is 19.6 Å². The number of nitrogens with zero attached hydrogens (tertiary/aromatic N) is 1. The Hall–Kier alpha value is -0.0800. The topological polar surface area (TPSA) is 15.3 Å². The molecule has 0 atom stereocenters. The van der Waals surface area contributed by atoms with Gasteiger partial charge in [-0.1, -0.05) is 20.8 Å². The van der Waals surface area contributed by atoms with Crippen molar-refractivity contribution in [3.05, 3.63) is 0 Å². The van der Waals surface area contributed by atoms with E-state index in [4.69, 9.17) is 0 Å². The monoisotopic (exact) mass is 240 g/mol. The predicted octanol–water partition coefficient (Wildman–Crippen LogP) is 3.28. The fourth-order valence-corrected chi connectivity index (χ4v) is 3.24. The van der Waals surface area contributed by atoms with Crippen LogP contribution in [0, 0.1) is 5.41 Å². The van der Waals surface area contributed by atoms with Crippen LogP contribution in [-0.2, 0) is 0 Å². The van der Waals surface area contributed by atoms with Crippen molar-refractivity contribution in [3.63, 3.8) is 0 Å². The van der Waals surface area contributed by atoms with Crippen LogP contribution in [0.3, 0.4) is 0 Å². The van der Waals surface area contributed by atoms with Crippen LogP contribution in [0.5, 0.6) is 0 Å². The van der Waals surface area contributed by atoms with E-state index in [2.05, 4.69) is 58.7 Å². The minimum Gasteiger partial charge on any atom is -0.310 e. The first-order chi connectivity index (χ1) is 7.52. The zero-order valence-corrected chi connectivity index (χ0v) is 13.0. The van der Waals surface area contributed by atoms with Gasteiger partial charge in [0, 0.05) is 17.6 Å². The van der Waals surface area contributed by atoms with E-state index in [-0.39, 0.29) is 5.54 Å². The smallest absolute Gasteiger partial charge is 0.0252 e. The van der Waals surface area contributed by atoms with Crippen molar-refractivity contribution in [2.24, 2.45) is 5.41 Å². The third-order valence-electron chi connectivity index (χ3n) is 3.61. The summed E-state index contributed by atoms with van der Waals surface area (Å²) in [5, 5.41) is 3.64. The Balaban J connectivity index is 2.75. The Kier molecular flexibility index (Phi) is 4.31. The molecule has 17 heavy (non-hydrogen) atoms. The van der Waals surface area contributed by atoms with Crippen LogP contribution >= 0.6 is 0 Å². The Labute approximate surface area is 108 Å². The van der Waals surface area contributed by atoms with Crippen molar-refractivity contribution < 1.29 is 0 Å². The van der Waals surface area contributed by atoms with Crippen molar-refractivity contribution in [1.82, 2.24) is 10.2 Å². The SMILES string of the molecule is CC(C)(C)CC(C)(C)N1CCCNC(C)(C)C1. The van der Waals surface area contributed by atoms with Gasteiger partial charge in [0.2, 0.25) is 0 Å². The minimum absolute atomic E-state index is 0.242. The second-order valence-corrected chi connectivity index (χ2v) is 8.14. The molecule has 0 radical (unpaired) electrons. The number of hydrogen-bond donors (Lipinski definition) is 1. The average Bonchev–Trinajstić information content (AvgIpc) is 2.22. The zero-order chi connectivity index (χ0) is 13.3. The summed E-state index contributed by atoms with van der Waals surface area (Å²) in [6.45, 7) is 20.0. The minimum atomic E-state index is 0.242. The summed E-state index contributed by atoms with van der Waals surface area (Å²) in [6, 6.07) is 0. The maximum Gasteiger partial charge on any atom is 0.0252 e. The van der Waals surface area contributed by atoms with Crippen LogP contribution < -0.4 is 5.32 Å². The maximum atomic E-state index is 3.64. The van der Waals surface area contributed by atoms with Gasteiger partial charge >= 0.3 is 0 Å². The summed E-state index contributed by atoms with van der Waals surface area (Å²) in [5.41, 5.74) is 0.931. The largest absolute Gasteiger partial charge is 0.310 e. The molecule has 2 heteroatoms. The highest BCUT2D eigenvalue weighted by Gasteiger charge is 2.35. The molecule has 0 aromatic carbocycles. The summed E-state index contributed by atoms with van der Waals surface area (Å²) >= 11 is 0. The Morgan fingerprint density at radius 1 is 1.12 bits per heavy atom. The van der Waals surface area contributed by atoms with E-state index >= 15 is 0 Å². The van der Waals surface area contributed by atoms with Crippen LogP contribution in [0.25, 0.3) is 0 Å². The molecule has 1 aliphatic rings. The van der Waals surface area contributed by atoms with Gasteiger partial charge in [-0.15, -0.1) is 0 Å². The second-order valence-electron chi connectivity index (χ2n) is 8.14. The molecular formula is C15H32N2. The molecule has 102 valence electrons. The van der Waals surface area contributed by atoms with Crippen LogP contribution in [0.15, 0.2) is 0 Å². The molecule has 1 rings (SSSR count). The number of rotatable bonds is 2. The van der Waals surface area contributed by atoms with E-state index < -0.39 is 0 Å². The molecule has 0 aromatic rings. The summed E-state index contributed by atoms with van der Waals surface area (Å²) in [5.74, 6) is 0. The van der Waals surface area contributed by atoms with Gasteiger partial charge in [-0.2, -0.15) is 0 Å². The molecule has 2 nitrogen and oxygen atoms in total. The van der Waals surface area contributed by atoms with E-state index in [1.54, 1.807) is 0 Å². The Bertz CT molecular complexity index is 248. The van der Waals surface area contributed by atoms with Gasteiger partial charge in [0.25, 0.3) is 0 Å². The average molecular weight is 240 g/mol. The van der Waals surface area contributed by atoms with Gasteiger partial charge in [-0.3, -0.25) is 4.90 Å². The van der Waals surface area contributed by atoms with E-state index in [1.807, 2.05) is 0 Å². The molecule has 0 bridgehead atoms. The van der Waals surface area contributed by atoms with Gasteiger partial charge in [0.15, 0.2) is 0 Å². The predicted molar refractivity (Wildman–Crippen MR) is 76.4 cm³/mol. The number of hydrogen-bond acceptors (Lipinski definition) is 2. The van der Waals surface area contributed by atoms with Crippen molar-refractivity contribution in [3.8, 4) is 0 Å². The highest BCUT2D eigenvalue weighted by Crippen LogP contribution is 2.32. The van der Waals surface area contributed by atoms with Gasteiger partial charge in [-0.05, 0) is 59.0 Å². The Morgan fingerprint density at radius 3 is 2.24 bits per heavy atom. The number of nitrogens with one attached hydrogen (secondary N) is 1. The summed E-state index contributed by atoms with van der Waals surface area (Å²) in [6.07, 6.45) is 2.51. The lowest BCUT2D eigenvalue weighted by atomic mass is 9.80. The molecule has 0 aromatic heterocycles. The van der Waals surface area contributed by atoms with Gasteiger partial charge in [0.1, 0.15) is 0 Å². The van der Waals surface area contributed by atoms with Crippen LogP contribution in [0.2, 0.25) is 0 Å². The lowest BCUT2D eigenvalue weighted by molar-refractivity contribution is 0.0646. The van der Waals surface area contributed by atoms with E-state index in [0.717, 1.165) is 13.1 Å². The van der Waals surface area contributed by atoms with Gasteiger partial charge in [-0.25, -0.2) is 0 Å². The standard InChI is InChI=1S/C15H32N2/c1-13(2,3)11-15(6,7)17-10-8-9-16-14(4,5)12-17/h16H,8-12H2,1-7H3. The van der Waals surface area contributed by atoms with E-state index in [0.29, 0.717) is 11.0 Å². The molecule has 1 saturated heterocycles. The van der Waals surface area contributed by atoms with Crippen molar-refractivity contribution in [1.29, 1.82) is 0 Å². The molecule has 1 N–H and O–H groups in total. The van der Waals surface area contributed by atoms with Crippen LogP contribution in [0.4, 0.5) is 0 Å². The van der Waals surface area contributed by atoms with Crippen LogP contribution in [0.1, 0.15) is 61.3 Å². The molecule has 0 aliphatic carbocycles. The third kappa shape index (κ3) is 4.97. The molecule has 0 saturated carbocycles. The molecule has 1 aliphatic heterocycles. The van der Waals surface area contributed by atoms with Crippen molar-refractivity contribution in [2.45, 2.75) is 72.4 Å². The van der Waals surface area contributed by atoms with Gasteiger partial charge in [0.05, 0.1) is 0 Å². The zero-order valence-electron chi connectivity index (χ0n) is 13.0. The molecule has 1 heterocycles. The molecule has 0 unspecified atom stereocenters. The highest BCUT2D eigenvalue weighted by molar-refractivity contribution is 4.93. The maximum absolute atomic E-state index is 3.64. The quantitative estimate of drug-likeness (QED) is 0.797. The lowest BCUT2D eigenvalue weighted by Crippen LogP contribution is -2.53. The molecule has 0 amide bonds.